The average Bonchev–Trinajstić information content (AvgIpc) is 3.01. The van der Waals surface area contributed by atoms with Gasteiger partial charge in [0.05, 0.1) is 6.61 Å². The maximum atomic E-state index is 6.30. The van der Waals surface area contributed by atoms with Gasteiger partial charge in [-0.3, -0.25) is 0 Å². The van der Waals surface area contributed by atoms with Crippen LogP contribution in [0.1, 0.15) is 38.1 Å². The molecule has 0 amide bonds. The minimum Gasteiger partial charge on any atom is -0.493 e. The smallest absolute Gasteiger partial charge is 0.131 e. The van der Waals surface area contributed by atoms with Gasteiger partial charge in [0.2, 0.25) is 0 Å². The average molecular weight is 271 g/mol. The van der Waals surface area contributed by atoms with Gasteiger partial charge < -0.3 is 15.0 Å². The van der Waals surface area contributed by atoms with Crippen LogP contribution in [-0.2, 0) is 13.0 Å². The van der Waals surface area contributed by atoms with Gasteiger partial charge in [-0.2, -0.15) is 0 Å². The molecule has 2 N–H and O–H groups in total. The lowest BCUT2D eigenvalue weighted by Crippen LogP contribution is -2.06. The molecule has 106 valence electrons. The van der Waals surface area contributed by atoms with Gasteiger partial charge in [-0.05, 0) is 30.7 Å². The van der Waals surface area contributed by atoms with Crippen LogP contribution in [0.25, 0.3) is 11.3 Å². The summed E-state index contributed by atoms with van der Waals surface area (Å²) in [6, 6.07) is 6.23. The summed E-state index contributed by atoms with van der Waals surface area (Å²) in [7, 11) is 0. The Labute approximate surface area is 119 Å². The van der Waals surface area contributed by atoms with Crippen molar-refractivity contribution >= 4 is 5.82 Å². The van der Waals surface area contributed by atoms with Crippen LogP contribution in [-0.4, -0.2) is 16.2 Å². The standard InChI is InChI=1S/C16H21N3O/c1-4-19-15(17)14(18-16(19)10(2)3)12-5-6-13-11(9-12)7-8-20-13/h5-6,9-10H,4,7-8,17H2,1-3H3. The van der Waals surface area contributed by atoms with E-state index in [2.05, 4.69) is 31.4 Å². The van der Waals surface area contributed by atoms with E-state index in [9.17, 15) is 0 Å². The van der Waals surface area contributed by atoms with E-state index in [0.29, 0.717) is 5.92 Å². The first kappa shape index (κ1) is 13.0. The molecule has 20 heavy (non-hydrogen) atoms. The largest absolute Gasteiger partial charge is 0.493 e. The Morgan fingerprint density at radius 1 is 1.40 bits per heavy atom. The molecular weight excluding hydrogens is 250 g/mol. The summed E-state index contributed by atoms with van der Waals surface area (Å²) in [6.07, 6.45) is 0.967. The number of nitrogens with two attached hydrogens (primary N) is 1. The van der Waals surface area contributed by atoms with Gasteiger partial charge in [0.25, 0.3) is 0 Å². The molecule has 1 aliphatic rings. The lowest BCUT2D eigenvalue weighted by Gasteiger charge is -2.08. The van der Waals surface area contributed by atoms with Crippen LogP contribution in [0.2, 0.25) is 0 Å². The second kappa shape index (κ2) is 4.85. The zero-order chi connectivity index (χ0) is 14.3. The minimum absolute atomic E-state index is 0.365. The topological polar surface area (TPSA) is 53.1 Å². The zero-order valence-electron chi connectivity index (χ0n) is 12.3. The normalized spacial score (nSPS) is 13.6. The summed E-state index contributed by atoms with van der Waals surface area (Å²) in [4.78, 5) is 4.77. The molecule has 1 aromatic carbocycles. The molecule has 1 aromatic heterocycles. The molecule has 4 nitrogen and oxygen atoms in total. The highest BCUT2D eigenvalue weighted by Gasteiger charge is 2.19. The Kier molecular flexibility index (Phi) is 3.16. The highest BCUT2D eigenvalue weighted by Crippen LogP contribution is 2.34. The molecule has 0 fully saturated rings. The third-order valence-electron chi connectivity index (χ3n) is 3.83. The number of nitrogen functional groups attached to an aromatic ring is 1. The lowest BCUT2D eigenvalue weighted by atomic mass is 10.1. The van der Waals surface area contributed by atoms with Crippen molar-refractivity contribution in [1.82, 2.24) is 9.55 Å². The summed E-state index contributed by atoms with van der Waals surface area (Å²) >= 11 is 0. The van der Waals surface area contributed by atoms with Crippen LogP contribution in [0.15, 0.2) is 18.2 Å². The molecule has 0 atom stereocenters. The van der Waals surface area contributed by atoms with Crippen LogP contribution >= 0.6 is 0 Å². The van der Waals surface area contributed by atoms with E-state index in [-0.39, 0.29) is 0 Å². The summed E-state index contributed by atoms with van der Waals surface area (Å²) < 4.78 is 7.65. The van der Waals surface area contributed by atoms with E-state index in [1.165, 1.54) is 5.56 Å². The third-order valence-corrected chi connectivity index (χ3v) is 3.83. The van der Waals surface area contributed by atoms with E-state index in [0.717, 1.165) is 48.2 Å². The van der Waals surface area contributed by atoms with Crippen molar-refractivity contribution in [3.63, 3.8) is 0 Å². The van der Waals surface area contributed by atoms with E-state index >= 15 is 0 Å². The van der Waals surface area contributed by atoms with E-state index < -0.39 is 0 Å². The number of hydrogen-bond donors (Lipinski definition) is 1. The molecule has 2 aromatic rings. The fraction of sp³-hybridized carbons (Fsp3) is 0.438. The Hall–Kier alpha value is -1.97. The van der Waals surface area contributed by atoms with Crippen LogP contribution in [0, 0.1) is 0 Å². The van der Waals surface area contributed by atoms with Crippen LogP contribution in [0.5, 0.6) is 5.75 Å². The lowest BCUT2D eigenvalue weighted by molar-refractivity contribution is 0.357. The minimum atomic E-state index is 0.365. The number of imidazole rings is 1. The van der Waals surface area contributed by atoms with Crippen molar-refractivity contribution in [2.75, 3.05) is 12.3 Å². The highest BCUT2D eigenvalue weighted by molar-refractivity contribution is 5.72. The Morgan fingerprint density at radius 3 is 2.85 bits per heavy atom. The molecule has 0 bridgehead atoms. The predicted molar refractivity (Wildman–Crippen MR) is 81.0 cm³/mol. The number of hydrogen-bond acceptors (Lipinski definition) is 3. The van der Waals surface area contributed by atoms with Gasteiger partial charge in [0.15, 0.2) is 0 Å². The summed E-state index contributed by atoms with van der Waals surface area (Å²) in [5, 5.41) is 0. The molecule has 4 heteroatoms. The van der Waals surface area contributed by atoms with E-state index in [1.54, 1.807) is 0 Å². The molecule has 0 unspecified atom stereocenters. The monoisotopic (exact) mass is 271 g/mol. The fourth-order valence-electron chi connectivity index (χ4n) is 2.80. The Bertz CT molecular complexity index is 643. The van der Waals surface area contributed by atoms with Crippen molar-refractivity contribution in [3.8, 4) is 17.0 Å². The van der Waals surface area contributed by atoms with Crippen LogP contribution in [0.4, 0.5) is 5.82 Å². The Balaban J connectivity index is 2.10. The van der Waals surface area contributed by atoms with Gasteiger partial charge in [-0.25, -0.2) is 4.98 Å². The van der Waals surface area contributed by atoms with Crippen molar-refractivity contribution in [2.45, 2.75) is 39.7 Å². The van der Waals surface area contributed by atoms with Gasteiger partial charge in [-0.15, -0.1) is 0 Å². The second-order valence-electron chi connectivity index (χ2n) is 5.52. The number of aromatic nitrogens is 2. The summed E-state index contributed by atoms with van der Waals surface area (Å²) in [5.41, 5.74) is 9.53. The number of rotatable bonds is 3. The number of fused-ring (bicyclic) bond motifs is 1. The molecule has 3 rings (SSSR count). The number of anilines is 1. The maximum absolute atomic E-state index is 6.30. The van der Waals surface area contributed by atoms with Gasteiger partial charge in [0.1, 0.15) is 23.1 Å². The molecule has 1 aliphatic heterocycles. The first-order chi connectivity index (χ1) is 9.61. The van der Waals surface area contributed by atoms with Crippen molar-refractivity contribution < 1.29 is 4.74 Å². The molecule has 0 saturated carbocycles. The zero-order valence-corrected chi connectivity index (χ0v) is 12.3. The highest BCUT2D eigenvalue weighted by atomic mass is 16.5. The quantitative estimate of drug-likeness (QED) is 0.932. The van der Waals surface area contributed by atoms with Crippen LogP contribution < -0.4 is 10.5 Å². The first-order valence-corrected chi connectivity index (χ1v) is 7.23. The third kappa shape index (κ3) is 1.96. The molecule has 0 saturated heterocycles. The SMILES string of the molecule is CCn1c(C(C)C)nc(-c2ccc3c(c2)CCO3)c1N. The summed E-state index contributed by atoms with van der Waals surface area (Å²) in [6.45, 7) is 8.02. The molecule has 0 aliphatic carbocycles. The van der Waals surface area contributed by atoms with Crippen molar-refractivity contribution in [1.29, 1.82) is 0 Å². The first-order valence-electron chi connectivity index (χ1n) is 7.23. The van der Waals surface area contributed by atoms with Gasteiger partial charge >= 0.3 is 0 Å². The molecule has 0 spiro atoms. The second-order valence-corrected chi connectivity index (χ2v) is 5.52. The molecule has 0 radical (unpaired) electrons. The van der Waals surface area contributed by atoms with Crippen LogP contribution in [0.3, 0.4) is 0 Å². The number of ether oxygens (including phenoxy) is 1. The number of benzene rings is 1. The maximum Gasteiger partial charge on any atom is 0.131 e. The van der Waals surface area contributed by atoms with Crippen molar-refractivity contribution in [3.05, 3.63) is 29.6 Å². The predicted octanol–water partition coefficient (Wildman–Crippen LogP) is 3.21. The van der Waals surface area contributed by atoms with Gasteiger partial charge in [-0.1, -0.05) is 13.8 Å². The van der Waals surface area contributed by atoms with Gasteiger partial charge in [0, 0.05) is 24.4 Å². The van der Waals surface area contributed by atoms with E-state index in [4.69, 9.17) is 15.5 Å². The Morgan fingerprint density at radius 2 is 2.20 bits per heavy atom. The van der Waals surface area contributed by atoms with Crippen molar-refractivity contribution in [2.24, 2.45) is 0 Å². The molecular formula is C16H21N3O. The molecule has 2 heterocycles. The summed E-state index contributed by atoms with van der Waals surface area (Å²) in [5.74, 6) is 3.17. The number of nitrogens with zero attached hydrogens (tertiary/aromatic N) is 2. The van der Waals surface area contributed by atoms with E-state index in [1.807, 2.05) is 12.1 Å². The fourth-order valence-corrected chi connectivity index (χ4v) is 2.80.